The normalized spacial score (nSPS) is 17.3. The smallest absolute Gasteiger partial charge is 0.333 e. The minimum Gasteiger partial charge on any atom is -0.444 e. The first-order chi connectivity index (χ1) is 19.9. The number of rotatable bonds is 7. The quantitative estimate of drug-likeness (QED) is 0.261. The summed E-state index contributed by atoms with van der Waals surface area (Å²) in [4.78, 5) is 38.7. The Morgan fingerprint density at radius 3 is 2.59 bits per heavy atom. The molecule has 1 aliphatic rings. The highest BCUT2D eigenvalue weighted by atomic mass is 35.5. The van der Waals surface area contributed by atoms with E-state index in [2.05, 4.69) is 20.3 Å². The average Bonchev–Trinajstić information content (AvgIpc) is 3.61. The molecule has 4 aromatic heterocycles. The molecule has 1 fully saturated rings. The molecule has 4 heterocycles. The highest BCUT2D eigenvalue weighted by molar-refractivity contribution is 6.30. The van der Waals surface area contributed by atoms with E-state index in [1.165, 1.54) is 12.3 Å². The summed E-state index contributed by atoms with van der Waals surface area (Å²) in [6.07, 6.45) is 7.35. The lowest BCUT2D eigenvalue weighted by Crippen LogP contribution is -2.39. The molecule has 0 spiro atoms. The zero-order chi connectivity index (χ0) is 28.5. The molecule has 0 unspecified atom stereocenters. The average molecular weight is 579 g/mol. The predicted molar refractivity (Wildman–Crippen MR) is 148 cm³/mol. The summed E-state index contributed by atoms with van der Waals surface area (Å²) >= 11 is 5.90. The van der Waals surface area contributed by atoms with Crippen LogP contribution in [0.15, 0.2) is 76.7 Å². The van der Waals surface area contributed by atoms with Crippen molar-refractivity contribution in [3.05, 3.63) is 94.2 Å². The zero-order valence-corrected chi connectivity index (χ0v) is 22.5. The third-order valence-corrected chi connectivity index (χ3v) is 7.66. The van der Waals surface area contributed by atoms with E-state index in [-0.39, 0.29) is 28.2 Å². The van der Waals surface area contributed by atoms with Crippen LogP contribution in [0.25, 0.3) is 28.2 Å². The number of carbonyl (C=O) groups excluding carboxylic acids is 1. The van der Waals surface area contributed by atoms with E-state index in [4.69, 9.17) is 16.0 Å². The van der Waals surface area contributed by atoms with E-state index in [0.717, 1.165) is 30.1 Å². The van der Waals surface area contributed by atoms with E-state index < -0.39 is 18.0 Å². The number of aromatic nitrogens is 5. The molecule has 0 radical (unpaired) electrons. The standard InChI is InChI=1S/C29H25ClF2N6O3/c30-19-12-22(25(26(31)32)35-14-19)27(39)36-20-7-5-17(6-8-20)16-37-23-3-1-2-4-24(23)38(29(37)40)21-11-18(13-33-15-21)28-34-9-10-41-28/h1-4,9-15,17,20,26H,5-8,16H2,(H,36,39). The number of nitrogens with zero attached hydrogens (tertiary/aromatic N) is 5. The lowest BCUT2D eigenvalue weighted by Gasteiger charge is -2.29. The molecule has 1 N–H and O–H groups in total. The molecule has 0 saturated heterocycles. The van der Waals surface area contributed by atoms with Gasteiger partial charge in [-0.25, -0.2) is 18.6 Å². The number of alkyl halides is 2. The monoisotopic (exact) mass is 578 g/mol. The molecule has 1 aliphatic carbocycles. The molecule has 9 nitrogen and oxygen atoms in total. The van der Waals surface area contributed by atoms with Gasteiger partial charge in [-0.3, -0.25) is 23.9 Å². The summed E-state index contributed by atoms with van der Waals surface area (Å²) in [6, 6.07) is 10.5. The van der Waals surface area contributed by atoms with Crippen LogP contribution in [0, 0.1) is 5.92 Å². The molecule has 0 aliphatic heterocycles. The van der Waals surface area contributed by atoms with Crippen molar-refractivity contribution in [3.63, 3.8) is 0 Å². The molecule has 1 saturated carbocycles. The zero-order valence-electron chi connectivity index (χ0n) is 21.7. The lowest BCUT2D eigenvalue weighted by atomic mass is 9.85. The fraction of sp³-hybridized carbons (Fsp3) is 0.276. The van der Waals surface area contributed by atoms with Crippen LogP contribution in [0.1, 0.15) is 48.2 Å². The molecule has 0 atom stereocenters. The summed E-state index contributed by atoms with van der Waals surface area (Å²) in [5.41, 5.74) is 1.85. The maximum atomic E-state index is 13.8. The van der Waals surface area contributed by atoms with Crippen molar-refractivity contribution in [2.75, 3.05) is 0 Å². The molecule has 41 heavy (non-hydrogen) atoms. The molecule has 0 bridgehead atoms. The maximum Gasteiger partial charge on any atom is 0.333 e. The first-order valence-electron chi connectivity index (χ1n) is 13.2. The van der Waals surface area contributed by atoms with Gasteiger partial charge in [0, 0.05) is 25.0 Å². The van der Waals surface area contributed by atoms with Crippen LogP contribution in [-0.4, -0.2) is 36.0 Å². The maximum absolute atomic E-state index is 13.8. The van der Waals surface area contributed by atoms with Crippen LogP contribution in [0.4, 0.5) is 8.78 Å². The van der Waals surface area contributed by atoms with Crippen molar-refractivity contribution in [1.29, 1.82) is 0 Å². The third-order valence-electron chi connectivity index (χ3n) is 7.46. The molecule has 6 rings (SSSR count). The van der Waals surface area contributed by atoms with Gasteiger partial charge in [-0.1, -0.05) is 23.7 Å². The summed E-state index contributed by atoms with van der Waals surface area (Å²) in [5, 5.41) is 2.98. The van der Waals surface area contributed by atoms with Crippen LogP contribution in [0.5, 0.6) is 0 Å². The van der Waals surface area contributed by atoms with Gasteiger partial charge in [0.1, 0.15) is 12.0 Å². The van der Waals surface area contributed by atoms with Gasteiger partial charge in [0.2, 0.25) is 5.89 Å². The fourth-order valence-electron chi connectivity index (χ4n) is 5.48. The van der Waals surface area contributed by atoms with Crippen molar-refractivity contribution in [3.8, 4) is 17.1 Å². The Morgan fingerprint density at radius 1 is 1.07 bits per heavy atom. The van der Waals surface area contributed by atoms with Gasteiger partial charge in [-0.15, -0.1) is 0 Å². The van der Waals surface area contributed by atoms with Gasteiger partial charge in [0.15, 0.2) is 0 Å². The number of hydrogen-bond acceptors (Lipinski definition) is 6. The Labute approximate surface area is 237 Å². The van der Waals surface area contributed by atoms with Gasteiger partial charge < -0.3 is 9.73 Å². The van der Waals surface area contributed by atoms with Crippen LogP contribution in [0.3, 0.4) is 0 Å². The van der Waals surface area contributed by atoms with E-state index in [1.807, 2.05) is 30.3 Å². The second-order valence-electron chi connectivity index (χ2n) is 10.1. The number of benzene rings is 1. The number of nitrogens with one attached hydrogen (secondary N) is 1. The molecule has 210 valence electrons. The Bertz CT molecular complexity index is 1760. The van der Waals surface area contributed by atoms with Crippen LogP contribution >= 0.6 is 11.6 Å². The Morgan fingerprint density at radius 2 is 1.85 bits per heavy atom. The number of para-hydroxylation sites is 2. The van der Waals surface area contributed by atoms with Gasteiger partial charge >= 0.3 is 5.69 Å². The van der Waals surface area contributed by atoms with Crippen LogP contribution in [-0.2, 0) is 6.54 Å². The van der Waals surface area contributed by atoms with Gasteiger partial charge in [-0.05, 0) is 55.9 Å². The first kappa shape index (κ1) is 26.8. The van der Waals surface area contributed by atoms with Gasteiger partial charge in [-0.2, -0.15) is 0 Å². The number of hydrogen-bond donors (Lipinski definition) is 1. The SMILES string of the molecule is O=C(NC1CCC(Cn2c(=O)n(-c3cncc(-c4ncco4)c3)c3ccccc32)CC1)c1cc(Cl)cnc1C(F)F. The van der Waals surface area contributed by atoms with E-state index in [1.54, 1.807) is 27.7 Å². The van der Waals surface area contributed by atoms with Crippen molar-refractivity contribution in [2.45, 2.75) is 44.7 Å². The Balaban J connectivity index is 1.19. The lowest BCUT2D eigenvalue weighted by molar-refractivity contribution is 0.0904. The van der Waals surface area contributed by atoms with Gasteiger partial charge in [0.05, 0.1) is 45.3 Å². The number of imidazole rings is 1. The number of fused-ring (bicyclic) bond motifs is 1. The third kappa shape index (κ3) is 5.37. The highest BCUT2D eigenvalue weighted by Gasteiger charge is 2.27. The number of pyridine rings is 2. The van der Waals surface area contributed by atoms with Crippen LogP contribution < -0.4 is 11.0 Å². The highest BCUT2D eigenvalue weighted by Crippen LogP contribution is 2.29. The van der Waals surface area contributed by atoms with Crippen molar-refractivity contribution < 1.29 is 18.0 Å². The van der Waals surface area contributed by atoms with Crippen molar-refractivity contribution in [1.82, 2.24) is 29.4 Å². The number of carbonyl (C=O) groups is 1. The topological polar surface area (TPSA) is 108 Å². The summed E-state index contributed by atoms with van der Waals surface area (Å²) < 4.78 is 35.6. The van der Waals surface area contributed by atoms with Crippen molar-refractivity contribution >= 4 is 28.5 Å². The molecule has 5 aromatic rings. The second kappa shape index (κ2) is 11.2. The van der Waals surface area contributed by atoms with Crippen molar-refractivity contribution in [2.24, 2.45) is 5.92 Å². The molecular formula is C29H25ClF2N6O3. The number of oxazole rings is 1. The van der Waals surface area contributed by atoms with Gasteiger partial charge in [0.25, 0.3) is 12.3 Å². The van der Waals surface area contributed by atoms with Crippen LogP contribution in [0.2, 0.25) is 5.02 Å². The minimum atomic E-state index is -2.88. The van der Waals surface area contributed by atoms with E-state index in [9.17, 15) is 18.4 Å². The fourth-order valence-corrected chi connectivity index (χ4v) is 5.64. The minimum absolute atomic E-state index is 0.119. The van der Waals surface area contributed by atoms with E-state index in [0.29, 0.717) is 36.5 Å². The molecule has 12 heteroatoms. The Kier molecular flexibility index (Phi) is 7.36. The number of amides is 1. The summed E-state index contributed by atoms with van der Waals surface area (Å²) in [5.74, 6) is -0.00276. The molecule has 1 aromatic carbocycles. The second-order valence-corrected chi connectivity index (χ2v) is 10.5. The summed E-state index contributed by atoms with van der Waals surface area (Å²) in [6.45, 7) is 0.508. The summed E-state index contributed by atoms with van der Waals surface area (Å²) in [7, 11) is 0. The number of halogens is 3. The predicted octanol–water partition coefficient (Wildman–Crippen LogP) is 5.82. The molecule has 1 amide bonds. The largest absolute Gasteiger partial charge is 0.444 e. The Hall–Kier alpha value is -4.38. The first-order valence-corrected chi connectivity index (χ1v) is 13.6. The molecular weight excluding hydrogens is 554 g/mol. The van der Waals surface area contributed by atoms with E-state index >= 15 is 0 Å².